The first-order chi connectivity index (χ1) is 12.7. The highest BCUT2D eigenvalue weighted by Gasteiger charge is 2.27. The van der Waals surface area contributed by atoms with Crippen LogP contribution < -0.4 is 5.73 Å². The molecule has 0 bridgehead atoms. The average Bonchev–Trinajstić information content (AvgIpc) is 3.30. The molecule has 2 N–H and O–H groups in total. The van der Waals surface area contributed by atoms with E-state index in [1.165, 1.54) is 40.2 Å². The minimum atomic E-state index is 0.0257. The third kappa shape index (κ3) is 2.72. The first-order valence-electron chi connectivity index (χ1n) is 9.22. The molecular weight excluding hydrogens is 362 g/mol. The number of aryl methyl sites for hydroxylation is 1. The Bertz CT molecular complexity index is 956. The van der Waals surface area contributed by atoms with Crippen LogP contribution in [0.25, 0.3) is 20.8 Å². The summed E-state index contributed by atoms with van der Waals surface area (Å²) in [6.45, 7) is 5.38. The molecule has 136 valence electrons. The smallest absolute Gasteiger partial charge is 0.266 e. The van der Waals surface area contributed by atoms with Gasteiger partial charge in [-0.15, -0.1) is 22.7 Å². The molecule has 4 nitrogen and oxygen atoms in total. The van der Waals surface area contributed by atoms with Gasteiger partial charge in [0.05, 0.1) is 16.3 Å². The highest BCUT2D eigenvalue weighted by atomic mass is 32.1. The van der Waals surface area contributed by atoms with Crippen molar-refractivity contribution in [1.82, 2.24) is 9.88 Å². The van der Waals surface area contributed by atoms with E-state index in [4.69, 9.17) is 10.7 Å². The molecule has 0 aliphatic heterocycles. The lowest BCUT2D eigenvalue weighted by Crippen LogP contribution is -2.30. The minimum absolute atomic E-state index is 0.0257. The number of nitrogens with two attached hydrogens (primary N) is 1. The zero-order chi connectivity index (χ0) is 18.3. The maximum atomic E-state index is 12.9. The molecule has 3 aromatic heterocycles. The third-order valence-corrected chi connectivity index (χ3v) is 7.16. The van der Waals surface area contributed by atoms with Gasteiger partial charge in [0.1, 0.15) is 9.71 Å². The normalized spacial score (nSPS) is 13.8. The van der Waals surface area contributed by atoms with Crippen LogP contribution in [-0.2, 0) is 12.8 Å². The van der Waals surface area contributed by atoms with Gasteiger partial charge in [0.25, 0.3) is 5.91 Å². The number of carbonyl (C=O) groups excluding carboxylic acids is 1. The second-order valence-electron chi connectivity index (χ2n) is 6.60. The number of nitrogens with zero attached hydrogens (tertiary/aromatic N) is 2. The summed E-state index contributed by atoms with van der Waals surface area (Å²) in [6.07, 6.45) is 4.42. The lowest BCUT2D eigenvalue weighted by molar-refractivity contribution is 0.0779. The molecule has 0 spiro atoms. The van der Waals surface area contributed by atoms with Crippen molar-refractivity contribution >= 4 is 44.5 Å². The summed E-state index contributed by atoms with van der Waals surface area (Å²) in [6, 6.07) is 4.20. The molecule has 0 atom stereocenters. The van der Waals surface area contributed by atoms with Crippen LogP contribution in [0.3, 0.4) is 0 Å². The predicted molar refractivity (Wildman–Crippen MR) is 111 cm³/mol. The van der Waals surface area contributed by atoms with Gasteiger partial charge < -0.3 is 10.6 Å². The van der Waals surface area contributed by atoms with Gasteiger partial charge in [-0.2, -0.15) is 0 Å². The van der Waals surface area contributed by atoms with E-state index in [-0.39, 0.29) is 5.91 Å². The van der Waals surface area contributed by atoms with Gasteiger partial charge >= 0.3 is 0 Å². The highest BCUT2D eigenvalue weighted by molar-refractivity contribution is 7.21. The van der Waals surface area contributed by atoms with Crippen molar-refractivity contribution in [2.24, 2.45) is 0 Å². The van der Waals surface area contributed by atoms with Crippen molar-refractivity contribution in [1.29, 1.82) is 0 Å². The number of anilines is 1. The van der Waals surface area contributed by atoms with Gasteiger partial charge in [0.2, 0.25) is 0 Å². The van der Waals surface area contributed by atoms with Gasteiger partial charge in [-0.3, -0.25) is 4.79 Å². The van der Waals surface area contributed by atoms with E-state index in [1.54, 1.807) is 11.3 Å². The maximum Gasteiger partial charge on any atom is 0.266 e. The van der Waals surface area contributed by atoms with E-state index >= 15 is 0 Å². The fourth-order valence-electron chi connectivity index (χ4n) is 3.84. The van der Waals surface area contributed by atoms with Gasteiger partial charge in [-0.1, -0.05) is 6.07 Å². The van der Waals surface area contributed by atoms with Gasteiger partial charge in [0, 0.05) is 18.5 Å². The van der Waals surface area contributed by atoms with Crippen LogP contribution in [-0.4, -0.2) is 28.9 Å². The fraction of sp³-hybridized carbons (Fsp3) is 0.400. The molecule has 3 aromatic rings. The molecule has 3 heterocycles. The first-order valence-corrected chi connectivity index (χ1v) is 10.9. The summed E-state index contributed by atoms with van der Waals surface area (Å²) in [5.41, 5.74) is 10.9. The molecule has 0 unspecified atom stereocenters. The van der Waals surface area contributed by atoms with Crippen LogP contribution >= 0.6 is 22.7 Å². The van der Waals surface area contributed by atoms with Crippen LogP contribution in [0, 0.1) is 0 Å². The number of amides is 1. The molecule has 1 aliphatic carbocycles. The summed E-state index contributed by atoms with van der Waals surface area (Å²) in [4.78, 5) is 22.5. The van der Waals surface area contributed by atoms with Crippen molar-refractivity contribution in [3.05, 3.63) is 33.5 Å². The van der Waals surface area contributed by atoms with Gasteiger partial charge in [-0.25, -0.2) is 4.98 Å². The van der Waals surface area contributed by atoms with E-state index in [0.717, 1.165) is 28.8 Å². The van der Waals surface area contributed by atoms with Gasteiger partial charge in [0.15, 0.2) is 0 Å². The molecule has 1 amide bonds. The summed E-state index contributed by atoms with van der Waals surface area (Å²) >= 11 is 3.18. The fourth-order valence-corrected chi connectivity index (χ4v) is 5.68. The van der Waals surface area contributed by atoms with Crippen molar-refractivity contribution in [2.75, 3.05) is 18.8 Å². The number of pyridine rings is 1. The van der Waals surface area contributed by atoms with Crippen LogP contribution in [0.15, 0.2) is 17.5 Å². The monoisotopic (exact) mass is 385 g/mol. The van der Waals surface area contributed by atoms with E-state index in [1.807, 2.05) is 18.7 Å². The Labute approximate surface area is 161 Å². The predicted octanol–water partition coefficient (Wildman–Crippen LogP) is 4.97. The van der Waals surface area contributed by atoms with Crippen LogP contribution in [0.4, 0.5) is 5.69 Å². The van der Waals surface area contributed by atoms with Crippen LogP contribution in [0.5, 0.6) is 0 Å². The van der Waals surface area contributed by atoms with E-state index in [9.17, 15) is 4.79 Å². The Hall–Kier alpha value is -1.92. The second-order valence-corrected chi connectivity index (χ2v) is 8.55. The van der Waals surface area contributed by atoms with Crippen molar-refractivity contribution in [2.45, 2.75) is 39.5 Å². The molecule has 0 saturated heterocycles. The number of nitrogen functional groups attached to an aromatic ring is 1. The van der Waals surface area contributed by atoms with Crippen molar-refractivity contribution in [3.63, 3.8) is 0 Å². The van der Waals surface area contributed by atoms with E-state index in [2.05, 4.69) is 17.5 Å². The Balaban J connectivity index is 1.95. The Kier molecular flexibility index (Phi) is 4.71. The summed E-state index contributed by atoms with van der Waals surface area (Å²) < 4.78 is 0. The number of thiophene rings is 2. The van der Waals surface area contributed by atoms with Crippen LogP contribution in [0.2, 0.25) is 0 Å². The molecule has 26 heavy (non-hydrogen) atoms. The molecule has 1 aliphatic rings. The molecule has 6 heteroatoms. The minimum Gasteiger partial charge on any atom is -0.397 e. The number of rotatable bonds is 4. The molecule has 0 radical (unpaired) electrons. The molecule has 0 aromatic carbocycles. The van der Waals surface area contributed by atoms with Crippen molar-refractivity contribution in [3.8, 4) is 10.6 Å². The lowest BCUT2D eigenvalue weighted by atomic mass is 9.88. The van der Waals surface area contributed by atoms with Gasteiger partial charge in [-0.05, 0) is 62.1 Å². The number of hydrogen-bond acceptors (Lipinski definition) is 5. The number of fused-ring (bicyclic) bond motifs is 3. The summed E-state index contributed by atoms with van der Waals surface area (Å²) in [5.74, 6) is 0.0257. The lowest BCUT2D eigenvalue weighted by Gasteiger charge is -2.20. The number of carbonyl (C=O) groups is 1. The molecule has 0 saturated carbocycles. The average molecular weight is 386 g/mol. The second kappa shape index (κ2) is 7.00. The standard InChI is InChI=1S/C20H23N3OS2/c1-3-23(4-2)20(24)18-16(21)15-12-8-5-6-9-13(12)17(22-19(15)26-18)14-10-7-11-25-14/h7,10-11H,3-6,8-9,21H2,1-2H3. The Morgan fingerprint density at radius 2 is 1.96 bits per heavy atom. The topological polar surface area (TPSA) is 59.2 Å². The maximum absolute atomic E-state index is 12.9. The molecule has 0 fully saturated rings. The van der Waals surface area contributed by atoms with Crippen LogP contribution in [0.1, 0.15) is 47.5 Å². The quantitative estimate of drug-likeness (QED) is 0.690. The Morgan fingerprint density at radius 1 is 1.23 bits per heavy atom. The molecular formula is C20H23N3OS2. The molecule has 4 rings (SSSR count). The summed E-state index contributed by atoms with van der Waals surface area (Å²) in [7, 11) is 0. The zero-order valence-electron chi connectivity index (χ0n) is 15.2. The van der Waals surface area contributed by atoms with E-state index in [0.29, 0.717) is 23.7 Å². The third-order valence-electron chi connectivity index (χ3n) is 5.19. The largest absolute Gasteiger partial charge is 0.397 e. The number of aromatic nitrogens is 1. The summed E-state index contributed by atoms with van der Waals surface area (Å²) in [5, 5.41) is 3.12. The Morgan fingerprint density at radius 3 is 2.62 bits per heavy atom. The first kappa shape index (κ1) is 17.5. The number of hydrogen-bond donors (Lipinski definition) is 1. The highest BCUT2D eigenvalue weighted by Crippen LogP contribution is 2.43. The zero-order valence-corrected chi connectivity index (χ0v) is 16.8. The van der Waals surface area contributed by atoms with Crippen molar-refractivity contribution < 1.29 is 4.79 Å². The SMILES string of the molecule is CCN(CC)C(=O)c1sc2nc(-c3cccs3)c3c(c2c1N)CCCC3. The van der Waals surface area contributed by atoms with E-state index < -0.39 is 0 Å².